The summed E-state index contributed by atoms with van der Waals surface area (Å²) >= 11 is 0. The third kappa shape index (κ3) is 2.52. The van der Waals surface area contributed by atoms with E-state index in [2.05, 4.69) is 12.3 Å². The van der Waals surface area contributed by atoms with Gasteiger partial charge in [0, 0.05) is 6.61 Å². The number of hydrogen-bond acceptors (Lipinski definition) is 3. The highest BCUT2D eigenvalue weighted by atomic mass is 16.5. The van der Waals surface area contributed by atoms with E-state index in [9.17, 15) is 0 Å². The van der Waals surface area contributed by atoms with Gasteiger partial charge in [0.05, 0.1) is 11.6 Å². The predicted octanol–water partition coefficient (Wildman–Crippen LogP) is 1.97. The maximum Gasteiger partial charge on any atom is 0.0848 e. The van der Waals surface area contributed by atoms with Crippen LogP contribution in [-0.2, 0) is 4.74 Å². The summed E-state index contributed by atoms with van der Waals surface area (Å²) in [5, 5.41) is 0. The summed E-state index contributed by atoms with van der Waals surface area (Å²) in [5.74, 6) is 6.62. The van der Waals surface area contributed by atoms with Crippen LogP contribution in [0.3, 0.4) is 0 Å². The lowest BCUT2D eigenvalue weighted by Crippen LogP contribution is -2.53. The lowest BCUT2D eigenvalue weighted by Gasteiger charge is -2.37. The van der Waals surface area contributed by atoms with Crippen LogP contribution in [0.5, 0.6) is 0 Å². The number of ether oxygens (including phenoxy) is 1. The molecule has 3 nitrogen and oxygen atoms in total. The minimum atomic E-state index is 0.0477. The Labute approximate surface area is 92.7 Å². The molecule has 3 heteroatoms. The van der Waals surface area contributed by atoms with Crippen LogP contribution >= 0.6 is 0 Å². The fourth-order valence-corrected chi connectivity index (χ4v) is 2.98. The van der Waals surface area contributed by atoms with E-state index in [1.165, 1.54) is 44.9 Å². The van der Waals surface area contributed by atoms with E-state index in [1.54, 1.807) is 0 Å². The van der Waals surface area contributed by atoms with E-state index in [0.717, 1.165) is 12.5 Å². The number of nitrogens with one attached hydrogen (secondary N) is 1. The van der Waals surface area contributed by atoms with Gasteiger partial charge in [-0.25, -0.2) is 0 Å². The molecule has 0 bridgehead atoms. The van der Waals surface area contributed by atoms with Crippen molar-refractivity contribution in [1.29, 1.82) is 0 Å². The van der Waals surface area contributed by atoms with Crippen molar-refractivity contribution in [3.05, 3.63) is 0 Å². The largest absolute Gasteiger partial charge is 0.374 e. The zero-order valence-electron chi connectivity index (χ0n) is 9.80. The Morgan fingerprint density at radius 3 is 2.53 bits per heavy atom. The van der Waals surface area contributed by atoms with Crippen LogP contribution in [0.25, 0.3) is 0 Å². The first-order chi connectivity index (χ1) is 7.30. The van der Waals surface area contributed by atoms with Crippen LogP contribution in [0, 0.1) is 5.92 Å². The molecule has 1 unspecified atom stereocenters. The third-order valence-corrected chi connectivity index (χ3v) is 3.98. The van der Waals surface area contributed by atoms with Crippen LogP contribution in [0.15, 0.2) is 0 Å². The van der Waals surface area contributed by atoms with Crippen molar-refractivity contribution in [2.75, 3.05) is 6.61 Å². The Kier molecular flexibility index (Phi) is 3.65. The highest BCUT2D eigenvalue weighted by molar-refractivity contribution is 4.98. The second-order valence-corrected chi connectivity index (χ2v) is 5.10. The van der Waals surface area contributed by atoms with Crippen molar-refractivity contribution in [1.82, 2.24) is 5.43 Å². The second-order valence-electron chi connectivity index (χ2n) is 5.10. The topological polar surface area (TPSA) is 47.3 Å². The Bertz CT molecular complexity index is 198. The molecule has 2 saturated carbocycles. The number of hydrazine groups is 1. The molecule has 0 spiro atoms. The Balaban J connectivity index is 1.98. The van der Waals surface area contributed by atoms with E-state index in [4.69, 9.17) is 10.6 Å². The average molecular weight is 212 g/mol. The van der Waals surface area contributed by atoms with Crippen LogP contribution in [0.1, 0.15) is 51.9 Å². The first kappa shape index (κ1) is 11.4. The molecule has 0 aromatic heterocycles. The minimum absolute atomic E-state index is 0.0477. The molecule has 0 amide bonds. The van der Waals surface area contributed by atoms with Crippen LogP contribution < -0.4 is 11.3 Å². The first-order valence-electron chi connectivity index (χ1n) is 6.41. The molecule has 2 fully saturated rings. The standard InChI is InChI=1S/C12H24N2O/c1-2-15-12(7-3-4-8-12)11(14-13)9-10-5-6-10/h10-11,14H,2-9,13H2,1H3. The zero-order chi connectivity index (χ0) is 10.7. The van der Waals surface area contributed by atoms with Gasteiger partial charge in [-0.2, -0.15) is 0 Å². The van der Waals surface area contributed by atoms with Gasteiger partial charge in [0.2, 0.25) is 0 Å². The van der Waals surface area contributed by atoms with Gasteiger partial charge in [0.1, 0.15) is 0 Å². The molecule has 2 rings (SSSR count). The molecule has 0 heterocycles. The number of rotatable bonds is 6. The third-order valence-electron chi connectivity index (χ3n) is 3.98. The summed E-state index contributed by atoms with van der Waals surface area (Å²) in [7, 11) is 0. The summed E-state index contributed by atoms with van der Waals surface area (Å²) in [5.41, 5.74) is 3.06. The molecule has 15 heavy (non-hydrogen) atoms. The Morgan fingerprint density at radius 1 is 1.40 bits per heavy atom. The van der Waals surface area contributed by atoms with Crippen LogP contribution in [0.4, 0.5) is 0 Å². The first-order valence-corrected chi connectivity index (χ1v) is 6.41. The quantitative estimate of drug-likeness (QED) is 0.523. The van der Waals surface area contributed by atoms with Gasteiger partial charge in [0.25, 0.3) is 0 Å². The molecule has 0 aromatic carbocycles. The van der Waals surface area contributed by atoms with Crippen molar-refractivity contribution in [2.24, 2.45) is 11.8 Å². The average Bonchev–Trinajstić information content (AvgIpc) is 2.95. The van der Waals surface area contributed by atoms with E-state index >= 15 is 0 Å². The van der Waals surface area contributed by atoms with Crippen molar-refractivity contribution in [3.63, 3.8) is 0 Å². The maximum absolute atomic E-state index is 6.03. The van der Waals surface area contributed by atoms with E-state index in [-0.39, 0.29) is 5.60 Å². The molecule has 0 aromatic rings. The lowest BCUT2D eigenvalue weighted by atomic mass is 9.88. The molecule has 0 saturated heterocycles. The minimum Gasteiger partial charge on any atom is -0.374 e. The Hall–Kier alpha value is -0.120. The van der Waals surface area contributed by atoms with Crippen molar-refractivity contribution in [2.45, 2.75) is 63.5 Å². The summed E-state index contributed by atoms with van der Waals surface area (Å²) in [6, 6.07) is 0.368. The van der Waals surface area contributed by atoms with E-state index < -0.39 is 0 Å². The summed E-state index contributed by atoms with van der Waals surface area (Å²) in [6.07, 6.45) is 8.94. The Morgan fingerprint density at radius 2 is 2.07 bits per heavy atom. The van der Waals surface area contributed by atoms with Crippen molar-refractivity contribution in [3.8, 4) is 0 Å². The predicted molar refractivity (Wildman–Crippen MR) is 61.3 cm³/mol. The van der Waals surface area contributed by atoms with Gasteiger partial charge in [-0.3, -0.25) is 11.3 Å². The number of nitrogens with two attached hydrogens (primary N) is 1. The summed E-state index contributed by atoms with van der Waals surface area (Å²) in [6.45, 7) is 2.90. The van der Waals surface area contributed by atoms with Gasteiger partial charge in [-0.15, -0.1) is 0 Å². The second kappa shape index (κ2) is 4.81. The molecule has 2 aliphatic carbocycles. The molecule has 0 aliphatic heterocycles. The molecule has 0 radical (unpaired) electrons. The van der Waals surface area contributed by atoms with Gasteiger partial charge in [0.15, 0.2) is 0 Å². The van der Waals surface area contributed by atoms with E-state index in [1.807, 2.05) is 0 Å². The zero-order valence-corrected chi connectivity index (χ0v) is 9.80. The maximum atomic E-state index is 6.03. The molecular formula is C12H24N2O. The highest BCUT2D eigenvalue weighted by Gasteiger charge is 2.43. The van der Waals surface area contributed by atoms with Gasteiger partial charge < -0.3 is 4.74 Å². The van der Waals surface area contributed by atoms with Gasteiger partial charge >= 0.3 is 0 Å². The summed E-state index contributed by atoms with van der Waals surface area (Å²) < 4.78 is 6.03. The molecule has 2 aliphatic rings. The monoisotopic (exact) mass is 212 g/mol. The summed E-state index contributed by atoms with van der Waals surface area (Å²) in [4.78, 5) is 0. The molecule has 3 N–H and O–H groups in total. The van der Waals surface area contributed by atoms with Crippen molar-refractivity contribution >= 4 is 0 Å². The lowest BCUT2D eigenvalue weighted by molar-refractivity contribution is -0.0644. The molecular weight excluding hydrogens is 188 g/mol. The fourth-order valence-electron chi connectivity index (χ4n) is 2.98. The van der Waals surface area contributed by atoms with E-state index in [0.29, 0.717) is 6.04 Å². The van der Waals surface area contributed by atoms with Gasteiger partial charge in [-0.1, -0.05) is 25.7 Å². The smallest absolute Gasteiger partial charge is 0.0848 e. The van der Waals surface area contributed by atoms with Crippen LogP contribution in [0.2, 0.25) is 0 Å². The van der Waals surface area contributed by atoms with Gasteiger partial charge in [-0.05, 0) is 32.1 Å². The SMILES string of the molecule is CCOC1(C(CC2CC2)NN)CCCC1. The fraction of sp³-hybridized carbons (Fsp3) is 1.00. The number of hydrogen-bond donors (Lipinski definition) is 2. The van der Waals surface area contributed by atoms with Crippen LogP contribution in [-0.4, -0.2) is 18.2 Å². The molecule has 1 atom stereocenters. The highest BCUT2D eigenvalue weighted by Crippen LogP contribution is 2.42. The normalized spacial score (nSPS) is 26.8. The molecule has 88 valence electrons. The van der Waals surface area contributed by atoms with Crippen molar-refractivity contribution < 1.29 is 4.74 Å².